The van der Waals surface area contributed by atoms with Crippen molar-refractivity contribution in [2.24, 2.45) is 0 Å². The first-order valence-corrected chi connectivity index (χ1v) is 11.4. The van der Waals surface area contributed by atoms with Crippen LogP contribution in [0.15, 0.2) is 45.8 Å². The predicted molar refractivity (Wildman–Crippen MR) is 112 cm³/mol. The van der Waals surface area contributed by atoms with Gasteiger partial charge in [0, 0.05) is 23.1 Å². The van der Waals surface area contributed by atoms with Crippen molar-refractivity contribution in [3.63, 3.8) is 0 Å². The van der Waals surface area contributed by atoms with Crippen LogP contribution < -0.4 is 10.1 Å². The maximum atomic E-state index is 13.5. The van der Waals surface area contributed by atoms with Gasteiger partial charge in [0.25, 0.3) is 5.91 Å². The molecule has 2 aromatic carbocycles. The minimum Gasteiger partial charge on any atom is -0.482 e. The van der Waals surface area contributed by atoms with Crippen molar-refractivity contribution >= 4 is 49.1 Å². The number of benzene rings is 2. The number of halogens is 2. The number of fused-ring (bicyclic) bond motifs is 1. The number of nitrogens with zero attached hydrogens (tertiary/aromatic N) is 1. The molecule has 1 atom stereocenters. The van der Waals surface area contributed by atoms with Crippen molar-refractivity contribution in [1.82, 2.24) is 4.31 Å². The normalized spacial score (nSPS) is 15.0. The van der Waals surface area contributed by atoms with Crippen LogP contribution in [0.5, 0.6) is 5.75 Å². The van der Waals surface area contributed by atoms with Crippen LogP contribution in [0.3, 0.4) is 0 Å². The van der Waals surface area contributed by atoms with Gasteiger partial charge in [0.1, 0.15) is 10.6 Å². The highest BCUT2D eigenvalue weighted by Gasteiger charge is 2.33. The van der Waals surface area contributed by atoms with Crippen LogP contribution >= 0.6 is 27.5 Å². The first-order valence-electron chi connectivity index (χ1n) is 8.78. The number of carbonyl (C=O) groups is 1. The minimum atomic E-state index is -3.92. The number of amides is 1. The average molecular weight is 488 g/mol. The van der Waals surface area contributed by atoms with E-state index in [0.29, 0.717) is 18.7 Å². The van der Waals surface area contributed by atoms with Crippen LogP contribution in [-0.4, -0.2) is 31.8 Å². The van der Waals surface area contributed by atoms with Crippen molar-refractivity contribution in [2.75, 3.05) is 18.5 Å². The van der Waals surface area contributed by atoms with E-state index >= 15 is 0 Å². The Labute approximate surface area is 178 Å². The third-order valence-electron chi connectivity index (χ3n) is 4.48. The third kappa shape index (κ3) is 4.05. The summed E-state index contributed by atoms with van der Waals surface area (Å²) in [5.41, 5.74) is 1.22. The first-order chi connectivity index (χ1) is 13.3. The van der Waals surface area contributed by atoms with Crippen molar-refractivity contribution in [3.8, 4) is 5.75 Å². The molecule has 150 valence electrons. The molecule has 28 heavy (non-hydrogen) atoms. The third-order valence-corrected chi connectivity index (χ3v) is 7.64. The fraction of sp³-hybridized carbons (Fsp3) is 0.316. The lowest BCUT2D eigenvalue weighted by Gasteiger charge is -2.30. The highest BCUT2D eigenvalue weighted by molar-refractivity contribution is 9.10. The standard InChI is InChI=1S/C19H20BrClN2O4S/c1-3-8-23(12(2)13-6-4-5-7-14(13)20)28(25,26)18-10-17-16(9-15(18)21)22-19(24)11-27-17/h4-7,9-10,12H,3,8,11H2,1-2H3,(H,22,24). The summed E-state index contributed by atoms with van der Waals surface area (Å²) in [5.74, 6) is -0.0260. The summed E-state index contributed by atoms with van der Waals surface area (Å²) in [4.78, 5) is 11.4. The van der Waals surface area contributed by atoms with E-state index in [0.717, 1.165) is 10.0 Å². The van der Waals surface area contributed by atoms with Gasteiger partial charge in [-0.2, -0.15) is 4.31 Å². The Balaban J connectivity index is 2.06. The fourth-order valence-electron chi connectivity index (χ4n) is 3.12. The highest BCUT2D eigenvalue weighted by atomic mass is 79.9. The Morgan fingerprint density at radius 3 is 2.71 bits per heavy atom. The van der Waals surface area contributed by atoms with Crippen LogP contribution in [0.2, 0.25) is 5.02 Å². The van der Waals surface area contributed by atoms with Gasteiger partial charge in [0.15, 0.2) is 6.61 Å². The SMILES string of the molecule is CCCN(C(C)c1ccccc1Br)S(=O)(=O)c1cc2c(cc1Cl)NC(=O)CO2. The second kappa shape index (κ2) is 8.41. The van der Waals surface area contributed by atoms with Crippen LogP contribution in [0, 0.1) is 0 Å². The van der Waals surface area contributed by atoms with E-state index in [1.54, 1.807) is 0 Å². The molecular weight excluding hydrogens is 468 g/mol. The number of nitrogens with one attached hydrogen (secondary N) is 1. The zero-order chi connectivity index (χ0) is 20.5. The lowest BCUT2D eigenvalue weighted by molar-refractivity contribution is -0.118. The molecule has 0 fully saturated rings. The number of sulfonamides is 1. The van der Waals surface area contributed by atoms with Crippen molar-refractivity contribution in [3.05, 3.63) is 51.5 Å². The van der Waals surface area contributed by atoms with Gasteiger partial charge in [-0.25, -0.2) is 8.42 Å². The number of hydrogen-bond acceptors (Lipinski definition) is 4. The van der Waals surface area contributed by atoms with E-state index in [4.69, 9.17) is 16.3 Å². The molecule has 1 unspecified atom stereocenters. The van der Waals surface area contributed by atoms with Crippen molar-refractivity contribution in [1.29, 1.82) is 0 Å². The van der Waals surface area contributed by atoms with Gasteiger partial charge < -0.3 is 10.1 Å². The molecule has 0 aromatic heterocycles. The van der Waals surface area contributed by atoms with Crippen LogP contribution in [0.25, 0.3) is 0 Å². The topological polar surface area (TPSA) is 75.7 Å². The molecule has 9 heteroatoms. The summed E-state index contributed by atoms with van der Waals surface area (Å²) in [7, 11) is -3.92. The van der Waals surface area contributed by atoms with E-state index in [1.807, 2.05) is 38.1 Å². The Kier molecular flexibility index (Phi) is 6.34. The number of ether oxygens (including phenoxy) is 1. The number of carbonyl (C=O) groups excluding carboxylic acids is 1. The molecule has 2 aromatic rings. The Morgan fingerprint density at radius 1 is 1.32 bits per heavy atom. The van der Waals surface area contributed by atoms with Gasteiger partial charge >= 0.3 is 0 Å². The van der Waals surface area contributed by atoms with Crippen LogP contribution in [-0.2, 0) is 14.8 Å². The first kappa shape index (κ1) is 21.1. The summed E-state index contributed by atoms with van der Waals surface area (Å²) >= 11 is 9.80. The molecule has 0 saturated carbocycles. The molecule has 1 heterocycles. The second-order valence-electron chi connectivity index (χ2n) is 6.43. The zero-order valence-electron chi connectivity index (χ0n) is 15.4. The van der Waals surface area contributed by atoms with Crippen LogP contribution in [0.4, 0.5) is 5.69 Å². The van der Waals surface area contributed by atoms with Gasteiger partial charge in [-0.3, -0.25) is 4.79 Å². The molecule has 1 aliphatic rings. The molecule has 0 aliphatic carbocycles. The summed E-state index contributed by atoms with van der Waals surface area (Å²) in [6.45, 7) is 3.93. The number of hydrogen-bond donors (Lipinski definition) is 1. The van der Waals surface area contributed by atoms with Crippen molar-refractivity contribution in [2.45, 2.75) is 31.2 Å². The lowest BCUT2D eigenvalue weighted by Crippen LogP contribution is -2.35. The van der Waals surface area contributed by atoms with Gasteiger partial charge in [-0.05, 0) is 31.0 Å². The molecular formula is C19H20BrClN2O4S. The van der Waals surface area contributed by atoms with E-state index in [9.17, 15) is 13.2 Å². The quantitative estimate of drug-likeness (QED) is 0.646. The highest BCUT2D eigenvalue weighted by Crippen LogP contribution is 2.39. The zero-order valence-corrected chi connectivity index (χ0v) is 18.6. The van der Waals surface area contributed by atoms with E-state index in [-0.39, 0.29) is 28.2 Å². The largest absolute Gasteiger partial charge is 0.482 e. The molecule has 3 rings (SSSR count). The van der Waals surface area contributed by atoms with Crippen molar-refractivity contribution < 1.29 is 17.9 Å². The second-order valence-corrected chi connectivity index (χ2v) is 9.55. The number of anilines is 1. The van der Waals surface area contributed by atoms with Gasteiger partial charge in [-0.15, -0.1) is 0 Å². The molecule has 0 saturated heterocycles. The Hall–Kier alpha value is -1.61. The Morgan fingerprint density at radius 2 is 2.04 bits per heavy atom. The molecule has 0 bridgehead atoms. The number of rotatable bonds is 6. The van der Waals surface area contributed by atoms with E-state index in [1.165, 1.54) is 16.4 Å². The molecule has 1 aliphatic heterocycles. The maximum Gasteiger partial charge on any atom is 0.262 e. The summed E-state index contributed by atoms with van der Waals surface area (Å²) in [6.07, 6.45) is 0.642. The summed E-state index contributed by atoms with van der Waals surface area (Å²) in [5, 5.41) is 2.66. The summed E-state index contributed by atoms with van der Waals surface area (Å²) in [6, 6.07) is 9.90. The molecule has 0 spiro atoms. The monoisotopic (exact) mass is 486 g/mol. The average Bonchev–Trinajstić information content (AvgIpc) is 2.65. The molecule has 1 amide bonds. The minimum absolute atomic E-state index is 0.0324. The van der Waals surface area contributed by atoms with Gasteiger partial charge in [0.2, 0.25) is 10.0 Å². The smallest absolute Gasteiger partial charge is 0.262 e. The molecule has 0 radical (unpaired) electrons. The molecule has 1 N–H and O–H groups in total. The van der Waals surface area contributed by atoms with E-state index < -0.39 is 16.1 Å². The van der Waals surface area contributed by atoms with E-state index in [2.05, 4.69) is 21.2 Å². The van der Waals surface area contributed by atoms with Gasteiger partial charge in [-0.1, -0.05) is 52.7 Å². The van der Waals surface area contributed by atoms with Gasteiger partial charge in [0.05, 0.1) is 10.7 Å². The van der Waals surface area contributed by atoms with Crippen LogP contribution in [0.1, 0.15) is 31.9 Å². The summed E-state index contributed by atoms with van der Waals surface area (Å²) < 4.78 is 34.6. The molecule has 6 nitrogen and oxygen atoms in total. The Bertz CT molecular complexity index is 1010. The predicted octanol–water partition coefficient (Wildman–Crippen LogP) is 4.60. The lowest BCUT2D eigenvalue weighted by atomic mass is 10.1. The fourth-order valence-corrected chi connectivity index (χ4v) is 5.96. The maximum absolute atomic E-state index is 13.5.